The van der Waals surface area contributed by atoms with Gasteiger partial charge in [-0.3, -0.25) is 14.6 Å². The number of benzene rings is 1. The van der Waals surface area contributed by atoms with E-state index in [1.54, 1.807) is 49.8 Å². The SMILES string of the molecule is CCO[C@H]1CCN(c2nc(C(=O)Nc3cc(COC)ccc3C(=O)Nc3cccnc3)co2)C1. The van der Waals surface area contributed by atoms with Crippen LogP contribution in [0.3, 0.4) is 0 Å². The molecule has 10 heteroatoms. The lowest BCUT2D eigenvalue weighted by Crippen LogP contribution is -2.23. The van der Waals surface area contributed by atoms with Crippen LogP contribution in [0.5, 0.6) is 0 Å². The van der Waals surface area contributed by atoms with Gasteiger partial charge >= 0.3 is 0 Å². The third-order valence-electron chi connectivity index (χ3n) is 5.35. The average molecular weight is 466 g/mol. The number of hydrogen-bond acceptors (Lipinski definition) is 8. The molecule has 2 aromatic heterocycles. The van der Waals surface area contributed by atoms with Crippen molar-refractivity contribution in [1.29, 1.82) is 0 Å². The van der Waals surface area contributed by atoms with Gasteiger partial charge in [-0.2, -0.15) is 4.98 Å². The van der Waals surface area contributed by atoms with Crippen molar-refractivity contribution in [3.63, 3.8) is 0 Å². The fourth-order valence-corrected chi connectivity index (χ4v) is 3.76. The molecule has 1 aliphatic rings. The van der Waals surface area contributed by atoms with Gasteiger partial charge in [0, 0.05) is 33.0 Å². The smallest absolute Gasteiger partial charge is 0.298 e. The average Bonchev–Trinajstić information content (AvgIpc) is 3.50. The standard InChI is InChI=1S/C24H27N5O5/c1-3-33-18-8-10-29(13-18)24-28-21(15-34-24)23(31)27-20-11-16(14-32-2)6-7-19(20)22(30)26-17-5-4-9-25-12-17/h4-7,9,11-12,15,18H,3,8,10,13-14H2,1-2H3,(H,26,30)(H,27,31)/t18-/m0/s1. The number of nitrogens with zero attached hydrogens (tertiary/aromatic N) is 3. The van der Waals surface area contributed by atoms with E-state index in [9.17, 15) is 9.59 Å². The van der Waals surface area contributed by atoms with Crippen LogP contribution in [0.1, 0.15) is 39.8 Å². The zero-order valence-corrected chi connectivity index (χ0v) is 19.1. The molecule has 0 unspecified atom stereocenters. The zero-order valence-electron chi connectivity index (χ0n) is 19.1. The third-order valence-corrected chi connectivity index (χ3v) is 5.35. The molecule has 1 fully saturated rings. The molecule has 0 spiro atoms. The van der Waals surface area contributed by atoms with E-state index in [1.165, 1.54) is 6.26 Å². The Hall–Kier alpha value is -3.76. The maximum absolute atomic E-state index is 13.0. The lowest BCUT2D eigenvalue weighted by Gasteiger charge is -2.13. The minimum Gasteiger partial charge on any atom is -0.431 e. The van der Waals surface area contributed by atoms with Crippen LogP contribution >= 0.6 is 0 Å². The summed E-state index contributed by atoms with van der Waals surface area (Å²) in [6.07, 6.45) is 5.47. The van der Waals surface area contributed by atoms with E-state index >= 15 is 0 Å². The lowest BCUT2D eigenvalue weighted by atomic mass is 10.1. The van der Waals surface area contributed by atoms with Crippen LogP contribution in [0, 0.1) is 0 Å². The highest BCUT2D eigenvalue weighted by atomic mass is 16.5. The van der Waals surface area contributed by atoms with Crippen molar-refractivity contribution < 1.29 is 23.5 Å². The molecule has 10 nitrogen and oxygen atoms in total. The van der Waals surface area contributed by atoms with Gasteiger partial charge in [-0.1, -0.05) is 6.07 Å². The number of rotatable bonds is 9. The summed E-state index contributed by atoms with van der Waals surface area (Å²) < 4.78 is 16.4. The Morgan fingerprint density at radius 1 is 1.24 bits per heavy atom. The van der Waals surface area contributed by atoms with Crippen molar-refractivity contribution in [3.05, 3.63) is 65.8 Å². The first-order chi connectivity index (χ1) is 16.6. The molecule has 1 atom stereocenters. The quantitative estimate of drug-likeness (QED) is 0.494. The second kappa shape index (κ2) is 10.9. The number of ether oxygens (including phenoxy) is 2. The number of oxazole rings is 1. The number of carbonyl (C=O) groups is 2. The normalized spacial score (nSPS) is 15.4. The summed E-state index contributed by atoms with van der Waals surface area (Å²) in [5, 5.41) is 5.57. The fourth-order valence-electron chi connectivity index (χ4n) is 3.76. The highest BCUT2D eigenvalue weighted by molar-refractivity contribution is 6.12. The van der Waals surface area contributed by atoms with Crippen molar-refractivity contribution in [2.24, 2.45) is 0 Å². The van der Waals surface area contributed by atoms with Crippen LogP contribution in [0.15, 0.2) is 53.4 Å². The van der Waals surface area contributed by atoms with Crippen LogP contribution in [-0.4, -0.2) is 54.7 Å². The highest BCUT2D eigenvalue weighted by Crippen LogP contribution is 2.24. The van der Waals surface area contributed by atoms with Gasteiger partial charge in [0.25, 0.3) is 17.8 Å². The number of amides is 2. The van der Waals surface area contributed by atoms with Gasteiger partial charge in [0.1, 0.15) is 6.26 Å². The molecule has 1 saturated heterocycles. The van der Waals surface area contributed by atoms with E-state index in [1.807, 2.05) is 11.8 Å². The molecule has 178 valence electrons. The summed E-state index contributed by atoms with van der Waals surface area (Å²) in [6, 6.07) is 8.94. The number of carbonyl (C=O) groups excluding carboxylic acids is 2. The molecular formula is C24H27N5O5. The Kier molecular flexibility index (Phi) is 7.51. The van der Waals surface area contributed by atoms with Crippen molar-refractivity contribution in [2.75, 3.05) is 42.3 Å². The highest BCUT2D eigenvalue weighted by Gasteiger charge is 2.27. The zero-order chi connectivity index (χ0) is 23.9. The number of aromatic nitrogens is 2. The van der Waals surface area contributed by atoms with Gasteiger partial charge < -0.3 is 29.4 Å². The second-order valence-corrected chi connectivity index (χ2v) is 7.79. The lowest BCUT2D eigenvalue weighted by molar-refractivity contribution is 0.0785. The number of anilines is 3. The summed E-state index contributed by atoms with van der Waals surface area (Å²) >= 11 is 0. The molecule has 2 amide bonds. The van der Waals surface area contributed by atoms with E-state index in [4.69, 9.17) is 13.9 Å². The summed E-state index contributed by atoms with van der Waals surface area (Å²) in [5.74, 6) is -0.868. The first kappa shape index (κ1) is 23.4. The van der Waals surface area contributed by atoms with E-state index in [0.29, 0.717) is 42.7 Å². The predicted molar refractivity (Wildman–Crippen MR) is 126 cm³/mol. The molecule has 0 saturated carbocycles. The van der Waals surface area contributed by atoms with Crippen LogP contribution in [0.4, 0.5) is 17.4 Å². The summed E-state index contributed by atoms with van der Waals surface area (Å²) in [6.45, 7) is 4.34. The van der Waals surface area contributed by atoms with Gasteiger partial charge in [0.2, 0.25) is 0 Å². The predicted octanol–water partition coefficient (Wildman–Crippen LogP) is 3.34. The van der Waals surface area contributed by atoms with Gasteiger partial charge in [-0.15, -0.1) is 0 Å². The molecule has 2 N–H and O–H groups in total. The number of methoxy groups -OCH3 is 1. The number of nitrogens with one attached hydrogen (secondary N) is 2. The third kappa shape index (κ3) is 5.59. The summed E-state index contributed by atoms with van der Waals surface area (Å²) in [5.41, 5.74) is 2.09. The van der Waals surface area contributed by atoms with E-state index in [-0.39, 0.29) is 17.7 Å². The number of pyridine rings is 1. The first-order valence-electron chi connectivity index (χ1n) is 11.0. The van der Waals surface area contributed by atoms with Gasteiger partial charge in [0.05, 0.1) is 35.8 Å². The Labute approximate surface area is 197 Å². The molecule has 0 aliphatic carbocycles. The van der Waals surface area contributed by atoms with E-state index in [2.05, 4.69) is 20.6 Å². The Morgan fingerprint density at radius 3 is 2.88 bits per heavy atom. The summed E-state index contributed by atoms with van der Waals surface area (Å²) in [7, 11) is 1.58. The molecule has 3 heterocycles. The molecule has 34 heavy (non-hydrogen) atoms. The molecule has 3 aromatic rings. The molecule has 4 rings (SSSR count). The minimum atomic E-state index is -0.486. The second-order valence-electron chi connectivity index (χ2n) is 7.79. The van der Waals surface area contributed by atoms with E-state index < -0.39 is 5.91 Å². The molecule has 1 aromatic carbocycles. The Morgan fingerprint density at radius 2 is 2.12 bits per heavy atom. The van der Waals surface area contributed by atoms with Crippen LogP contribution in [0.25, 0.3) is 0 Å². The maximum atomic E-state index is 13.0. The van der Waals surface area contributed by atoms with Crippen molar-refractivity contribution >= 4 is 29.2 Å². The van der Waals surface area contributed by atoms with Crippen molar-refractivity contribution in [3.8, 4) is 0 Å². The number of hydrogen-bond donors (Lipinski definition) is 2. The van der Waals surface area contributed by atoms with Crippen LogP contribution in [0.2, 0.25) is 0 Å². The minimum absolute atomic E-state index is 0.116. The Bertz CT molecular complexity index is 1130. The molecule has 0 radical (unpaired) electrons. The van der Waals surface area contributed by atoms with Crippen LogP contribution in [-0.2, 0) is 16.1 Å². The monoisotopic (exact) mass is 465 g/mol. The maximum Gasteiger partial charge on any atom is 0.298 e. The summed E-state index contributed by atoms with van der Waals surface area (Å²) in [4.78, 5) is 36.2. The molecule has 0 bridgehead atoms. The Balaban J connectivity index is 1.51. The topological polar surface area (TPSA) is 119 Å². The van der Waals surface area contributed by atoms with Crippen molar-refractivity contribution in [1.82, 2.24) is 9.97 Å². The van der Waals surface area contributed by atoms with Crippen molar-refractivity contribution in [2.45, 2.75) is 26.1 Å². The first-order valence-corrected chi connectivity index (χ1v) is 11.0. The van der Waals surface area contributed by atoms with Gasteiger partial charge in [-0.25, -0.2) is 0 Å². The molecular weight excluding hydrogens is 438 g/mol. The van der Waals surface area contributed by atoms with Crippen LogP contribution < -0.4 is 15.5 Å². The fraction of sp³-hybridized carbons (Fsp3) is 0.333. The van der Waals surface area contributed by atoms with E-state index in [0.717, 1.165) is 18.5 Å². The molecule has 1 aliphatic heterocycles. The van der Waals surface area contributed by atoms with Gasteiger partial charge in [0.15, 0.2) is 5.69 Å². The largest absolute Gasteiger partial charge is 0.431 e. The van der Waals surface area contributed by atoms with Gasteiger partial charge in [-0.05, 0) is 43.2 Å².